The van der Waals surface area contributed by atoms with Crippen LogP contribution in [0.4, 0.5) is 14.5 Å². The molecule has 2 heterocycles. The van der Waals surface area contributed by atoms with Crippen LogP contribution in [0.15, 0.2) is 41.3 Å². The first-order valence-corrected chi connectivity index (χ1v) is 11.4. The van der Waals surface area contributed by atoms with Crippen molar-refractivity contribution in [2.75, 3.05) is 24.2 Å². The molecule has 0 spiro atoms. The number of nitrogens with zero attached hydrogens (tertiary/aromatic N) is 1. The first kappa shape index (κ1) is 21.0. The Balaban J connectivity index is 2.07. The van der Waals surface area contributed by atoms with Gasteiger partial charge in [-0.1, -0.05) is 6.58 Å². The van der Waals surface area contributed by atoms with Gasteiger partial charge in [0.15, 0.2) is 5.76 Å². The second-order valence-electron chi connectivity index (χ2n) is 7.42. The normalized spacial score (nSPS) is 14.5. The maximum absolute atomic E-state index is 14.5. The third-order valence-corrected chi connectivity index (χ3v) is 6.51. The summed E-state index contributed by atoms with van der Waals surface area (Å²) in [5, 5.41) is 2.90. The van der Waals surface area contributed by atoms with Crippen molar-refractivity contribution in [3.05, 3.63) is 59.7 Å². The van der Waals surface area contributed by atoms with E-state index in [0.29, 0.717) is 35.5 Å². The highest BCUT2D eigenvalue weighted by Crippen LogP contribution is 2.42. The number of rotatable bonds is 3. The predicted molar refractivity (Wildman–Crippen MR) is 115 cm³/mol. The maximum atomic E-state index is 14.5. The van der Waals surface area contributed by atoms with Gasteiger partial charge in [-0.3, -0.25) is 9.10 Å². The van der Waals surface area contributed by atoms with Crippen LogP contribution >= 0.6 is 0 Å². The summed E-state index contributed by atoms with van der Waals surface area (Å²) in [6, 6.07) is 6.15. The molecule has 1 aliphatic rings. The van der Waals surface area contributed by atoms with E-state index in [1.807, 2.05) is 0 Å². The number of benzene rings is 2. The lowest BCUT2D eigenvalue weighted by Crippen LogP contribution is -2.30. The number of allylic oxidation sites excluding steroid dienone is 1. The van der Waals surface area contributed by atoms with Crippen molar-refractivity contribution in [1.82, 2.24) is 5.32 Å². The molecule has 0 radical (unpaired) electrons. The van der Waals surface area contributed by atoms with Crippen LogP contribution < -0.4 is 9.62 Å². The summed E-state index contributed by atoms with van der Waals surface area (Å²) in [6.07, 6.45) is 2.29. The van der Waals surface area contributed by atoms with E-state index in [-0.39, 0.29) is 29.0 Å². The van der Waals surface area contributed by atoms with Gasteiger partial charge >= 0.3 is 0 Å². The molecule has 2 aromatic carbocycles. The van der Waals surface area contributed by atoms with E-state index < -0.39 is 27.6 Å². The molecule has 6 nitrogen and oxygen atoms in total. The number of nitrogens with one attached hydrogen (secondary N) is 1. The molecule has 3 aromatic rings. The van der Waals surface area contributed by atoms with Gasteiger partial charge in [-0.25, -0.2) is 17.2 Å². The van der Waals surface area contributed by atoms with E-state index in [0.717, 1.165) is 17.9 Å². The third kappa shape index (κ3) is 3.59. The largest absolute Gasteiger partial charge is 0.455 e. The maximum Gasteiger partial charge on any atom is 0.255 e. The number of anilines is 1. The lowest BCUT2D eigenvalue weighted by Gasteiger charge is -2.22. The van der Waals surface area contributed by atoms with Crippen molar-refractivity contribution in [3.8, 4) is 11.3 Å². The number of halogens is 2. The molecule has 4 rings (SSSR count). The SMILES string of the molecule is C=C1CCCN(S(C)(=O)=O)c2cc3oc(-c4ccc(F)cc4F)c(C(=O)NC)c3cc21. The number of hydrogen-bond donors (Lipinski definition) is 1. The van der Waals surface area contributed by atoms with Gasteiger partial charge in [0, 0.05) is 36.7 Å². The zero-order chi connectivity index (χ0) is 22.5. The average Bonchev–Trinajstić information content (AvgIpc) is 2.97. The third-order valence-electron chi connectivity index (χ3n) is 5.33. The molecular weight excluding hydrogens is 426 g/mol. The molecule has 0 bridgehead atoms. The molecule has 0 saturated heterocycles. The quantitative estimate of drug-likeness (QED) is 0.650. The lowest BCUT2D eigenvalue weighted by atomic mass is 9.98. The predicted octanol–water partition coefficient (Wildman–Crippen LogP) is 4.31. The van der Waals surface area contributed by atoms with Gasteiger partial charge in [0.25, 0.3) is 5.91 Å². The fourth-order valence-corrected chi connectivity index (χ4v) is 4.84. The average molecular weight is 446 g/mol. The summed E-state index contributed by atoms with van der Waals surface area (Å²) in [6.45, 7) is 4.34. The van der Waals surface area contributed by atoms with Gasteiger partial charge in [-0.2, -0.15) is 0 Å². The highest BCUT2D eigenvalue weighted by atomic mass is 32.2. The standard InChI is InChI=1S/C22H20F2N2O4S/c1-12-5-4-8-26(31(3,28)29)18-11-19-16(10-15(12)18)20(22(27)25-2)21(30-19)14-7-6-13(23)9-17(14)24/h6-7,9-11H,1,4-5,8H2,2-3H3,(H,25,27). The molecule has 162 valence electrons. The highest BCUT2D eigenvalue weighted by Gasteiger charge is 2.29. The van der Waals surface area contributed by atoms with Crippen molar-refractivity contribution in [1.29, 1.82) is 0 Å². The summed E-state index contributed by atoms with van der Waals surface area (Å²) >= 11 is 0. The molecule has 1 aliphatic heterocycles. The topological polar surface area (TPSA) is 79.6 Å². The van der Waals surface area contributed by atoms with Crippen molar-refractivity contribution in [3.63, 3.8) is 0 Å². The van der Waals surface area contributed by atoms with E-state index in [2.05, 4.69) is 11.9 Å². The number of sulfonamides is 1. The summed E-state index contributed by atoms with van der Waals surface area (Å²) in [5.74, 6) is -2.22. The number of carbonyl (C=O) groups is 1. The Kier molecular flexibility index (Phi) is 5.09. The lowest BCUT2D eigenvalue weighted by molar-refractivity contribution is 0.0964. The Morgan fingerprint density at radius 2 is 1.94 bits per heavy atom. The summed E-state index contributed by atoms with van der Waals surface area (Å²) in [5.41, 5.74) is 1.90. The molecule has 31 heavy (non-hydrogen) atoms. The van der Waals surface area contributed by atoms with Crippen LogP contribution in [-0.2, 0) is 10.0 Å². The molecule has 1 amide bonds. The first-order chi connectivity index (χ1) is 14.6. The minimum atomic E-state index is -3.57. The molecule has 0 fully saturated rings. The summed E-state index contributed by atoms with van der Waals surface area (Å²) in [7, 11) is -2.14. The van der Waals surface area contributed by atoms with Crippen LogP contribution in [-0.4, -0.2) is 34.2 Å². The van der Waals surface area contributed by atoms with E-state index in [1.165, 1.54) is 23.5 Å². The smallest absolute Gasteiger partial charge is 0.255 e. The fraction of sp³-hybridized carbons (Fsp3) is 0.227. The minimum absolute atomic E-state index is 0.0662. The number of hydrogen-bond acceptors (Lipinski definition) is 4. The number of furan rings is 1. The van der Waals surface area contributed by atoms with Gasteiger partial charge in [-0.15, -0.1) is 0 Å². The zero-order valence-electron chi connectivity index (χ0n) is 17.0. The monoisotopic (exact) mass is 446 g/mol. The van der Waals surface area contributed by atoms with Crippen LogP contribution in [0.2, 0.25) is 0 Å². The van der Waals surface area contributed by atoms with Crippen LogP contribution in [0.5, 0.6) is 0 Å². The fourth-order valence-electron chi connectivity index (χ4n) is 3.87. The van der Waals surface area contributed by atoms with E-state index in [4.69, 9.17) is 4.42 Å². The van der Waals surface area contributed by atoms with Gasteiger partial charge in [-0.05, 0) is 36.6 Å². The molecule has 9 heteroatoms. The second-order valence-corrected chi connectivity index (χ2v) is 9.32. The molecule has 0 saturated carbocycles. The van der Waals surface area contributed by atoms with Crippen LogP contribution in [0, 0.1) is 11.6 Å². The molecule has 0 unspecified atom stereocenters. The molecule has 0 atom stereocenters. The van der Waals surface area contributed by atoms with Crippen LogP contribution in [0.3, 0.4) is 0 Å². The highest BCUT2D eigenvalue weighted by molar-refractivity contribution is 7.92. The van der Waals surface area contributed by atoms with Crippen molar-refractivity contribution in [2.45, 2.75) is 12.8 Å². The Bertz CT molecular complexity index is 1350. The number of amides is 1. The minimum Gasteiger partial charge on any atom is -0.455 e. The van der Waals surface area contributed by atoms with E-state index in [1.54, 1.807) is 6.07 Å². The molecule has 0 aliphatic carbocycles. The zero-order valence-corrected chi connectivity index (χ0v) is 17.8. The van der Waals surface area contributed by atoms with E-state index >= 15 is 0 Å². The van der Waals surface area contributed by atoms with Gasteiger partial charge < -0.3 is 9.73 Å². The van der Waals surface area contributed by atoms with Gasteiger partial charge in [0.1, 0.15) is 17.2 Å². The number of fused-ring (bicyclic) bond motifs is 2. The Morgan fingerprint density at radius 3 is 2.58 bits per heavy atom. The van der Waals surface area contributed by atoms with Crippen molar-refractivity contribution in [2.24, 2.45) is 0 Å². The number of carbonyl (C=O) groups excluding carboxylic acids is 1. The molecular formula is C22H20F2N2O4S. The van der Waals surface area contributed by atoms with Crippen LogP contribution in [0.25, 0.3) is 27.9 Å². The van der Waals surface area contributed by atoms with Crippen molar-refractivity contribution < 1.29 is 26.4 Å². The molecule has 1 aromatic heterocycles. The van der Waals surface area contributed by atoms with Gasteiger partial charge in [0.05, 0.1) is 23.1 Å². The van der Waals surface area contributed by atoms with Crippen LogP contribution in [0.1, 0.15) is 28.8 Å². The Labute approximate surface area is 178 Å². The summed E-state index contributed by atoms with van der Waals surface area (Å²) in [4.78, 5) is 12.7. The first-order valence-electron chi connectivity index (χ1n) is 9.55. The Hall–Kier alpha value is -3.20. The molecule has 1 N–H and O–H groups in total. The van der Waals surface area contributed by atoms with Gasteiger partial charge in [0.2, 0.25) is 10.0 Å². The van der Waals surface area contributed by atoms with E-state index in [9.17, 15) is 22.0 Å². The van der Waals surface area contributed by atoms with Crippen molar-refractivity contribution >= 4 is 38.2 Å². The summed E-state index contributed by atoms with van der Waals surface area (Å²) < 4.78 is 59.8. The Morgan fingerprint density at radius 1 is 1.19 bits per heavy atom. The second kappa shape index (κ2) is 7.49.